The van der Waals surface area contributed by atoms with E-state index in [4.69, 9.17) is 0 Å². The molecule has 0 aromatic heterocycles. The number of nitrogens with zero attached hydrogens (tertiary/aromatic N) is 2. The van der Waals surface area contributed by atoms with Crippen molar-refractivity contribution in [3.8, 4) is 0 Å². The van der Waals surface area contributed by atoms with Crippen molar-refractivity contribution in [2.24, 2.45) is 11.8 Å². The van der Waals surface area contributed by atoms with E-state index in [0.29, 0.717) is 31.3 Å². The van der Waals surface area contributed by atoms with Gasteiger partial charge in [0.1, 0.15) is 0 Å². The molecule has 10 heteroatoms. The summed E-state index contributed by atoms with van der Waals surface area (Å²) in [6.07, 6.45) is 3.40. The van der Waals surface area contributed by atoms with Gasteiger partial charge in [-0.15, -0.1) is 11.8 Å². The van der Waals surface area contributed by atoms with Crippen molar-refractivity contribution in [3.63, 3.8) is 0 Å². The van der Waals surface area contributed by atoms with Gasteiger partial charge in [0.15, 0.2) is 0 Å². The summed E-state index contributed by atoms with van der Waals surface area (Å²) in [5, 5.41) is 2.94. The maximum Gasteiger partial charge on any atom is 0.272 e. The molecular weight excluding hydrogens is 437 g/mol. The number of likely N-dealkylation sites (N-methyl/N-ethyl adjacent to an activating group) is 1. The van der Waals surface area contributed by atoms with Crippen molar-refractivity contribution in [1.29, 1.82) is 0 Å². The predicted octanol–water partition coefficient (Wildman–Crippen LogP) is 2.70. The number of carbonyl (C=O) groups excluding carboxylic acids is 3. The first-order valence-electron chi connectivity index (χ1n) is 11.2. The van der Waals surface area contributed by atoms with E-state index < -0.39 is 7.52 Å². The third kappa shape index (κ3) is 7.04. The van der Waals surface area contributed by atoms with Crippen LogP contribution in [0, 0.1) is 11.8 Å². The number of carbonyl (C=O) groups is 3. The zero-order chi connectivity index (χ0) is 23.3. The van der Waals surface area contributed by atoms with E-state index in [-0.39, 0.29) is 40.5 Å². The molecule has 2 fully saturated rings. The molecule has 8 nitrogen and oxygen atoms in total. The lowest BCUT2D eigenvalue weighted by molar-refractivity contribution is -0.139. The van der Waals surface area contributed by atoms with Crippen molar-refractivity contribution in [2.75, 3.05) is 26.7 Å². The summed E-state index contributed by atoms with van der Waals surface area (Å²) in [5.74, 6) is 0.00913. The first-order valence-corrected chi connectivity index (χ1v) is 13.9. The molecular formula is C21H38N3O5PS. The summed E-state index contributed by atoms with van der Waals surface area (Å²) in [6.45, 7) is 8.60. The van der Waals surface area contributed by atoms with Gasteiger partial charge in [0.25, 0.3) is 7.52 Å². The normalized spacial score (nSPS) is 26.7. The Balaban J connectivity index is 1.73. The molecule has 2 aliphatic rings. The van der Waals surface area contributed by atoms with Crippen LogP contribution < -0.4 is 5.32 Å². The zero-order valence-corrected chi connectivity index (χ0v) is 21.1. The molecule has 31 heavy (non-hydrogen) atoms. The van der Waals surface area contributed by atoms with Crippen molar-refractivity contribution in [3.05, 3.63) is 0 Å². The van der Waals surface area contributed by atoms with Gasteiger partial charge in [-0.3, -0.25) is 23.8 Å². The lowest BCUT2D eigenvalue weighted by Gasteiger charge is -2.30. The number of hydrogen-bond donors (Lipinski definition) is 2. The second kappa shape index (κ2) is 11.3. The Morgan fingerprint density at radius 3 is 2.39 bits per heavy atom. The summed E-state index contributed by atoms with van der Waals surface area (Å²) >= 11 is 1.55. The van der Waals surface area contributed by atoms with Crippen LogP contribution in [0.5, 0.6) is 0 Å². The van der Waals surface area contributed by atoms with Crippen molar-refractivity contribution < 1.29 is 23.8 Å². The third-order valence-corrected chi connectivity index (χ3v) is 9.96. The largest absolute Gasteiger partial charge is 0.355 e. The molecule has 2 atom stereocenters. The minimum absolute atomic E-state index is 0.0223. The maximum atomic E-state index is 12.6. The summed E-state index contributed by atoms with van der Waals surface area (Å²) in [7, 11) is -1.77. The molecule has 1 saturated heterocycles. The highest BCUT2D eigenvalue weighted by molar-refractivity contribution is 8.01. The van der Waals surface area contributed by atoms with Crippen LogP contribution in [0.3, 0.4) is 0 Å². The molecule has 2 N–H and O–H groups in total. The lowest BCUT2D eigenvalue weighted by atomic mass is 9.81. The molecule has 1 saturated carbocycles. The summed E-state index contributed by atoms with van der Waals surface area (Å²) in [6, 6.07) is 0. The highest BCUT2D eigenvalue weighted by Gasteiger charge is 2.40. The Hall–Kier alpha value is -0.890. The fourth-order valence-corrected chi connectivity index (χ4v) is 6.48. The molecule has 2 unspecified atom stereocenters. The van der Waals surface area contributed by atoms with Gasteiger partial charge in [0.05, 0.1) is 5.25 Å². The van der Waals surface area contributed by atoms with Crippen LogP contribution in [-0.4, -0.2) is 75.0 Å². The topological polar surface area (TPSA) is 107 Å². The molecule has 0 spiro atoms. The van der Waals surface area contributed by atoms with Crippen LogP contribution in [-0.2, 0) is 18.9 Å². The summed E-state index contributed by atoms with van der Waals surface area (Å²) in [4.78, 5) is 48.8. The molecule has 0 radical (unpaired) electrons. The number of rotatable bonds is 10. The van der Waals surface area contributed by atoms with E-state index >= 15 is 0 Å². The zero-order valence-electron chi connectivity index (χ0n) is 19.4. The maximum absolute atomic E-state index is 12.6. The Morgan fingerprint density at radius 1 is 1.23 bits per heavy atom. The van der Waals surface area contributed by atoms with Crippen LogP contribution in [0.1, 0.15) is 59.8 Å². The molecule has 1 aliphatic heterocycles. The van der Waals surface area contributed by atoms with Gasteiger partial charge < -0.3 is 10.2 Å². The molecule has 3 amide bonds. The first-order chi connectivity index (χ1) is 14.4. The van der Waals surface area contributed by atoms with Crippen LogP contribution in [0.4, 0.5) is 0 Å². The minimum Gasteiger partial charge on any atom is -0.355 e. The highest BCUT2D eigenvalue weighted by atomic mass is 32.2. The Kier molecular flexibility index (Phi) is 9.61. The van der Waals surface area contributed by atoms with E-state index in [1.165, 1.54) is 9.57 Å². The Bertz CT molecular complexity index is 709. The van der Waals surface area contributed by atoms with Crippen molar-refractivity contribution in [2.45, 2.75) is 76.0 Å². The van der Waals surface area contributed by atoms with Crippen molar-refractivity contribution in [1.82, 2.24) is 14.9 Å². The summed E-state index contributed by atoms with van der Waals surface area (Å²) < 4.78 is 13.6. The second-order valence-corrected chi connectivity index (χ2v) is 14.0. The number of hydrogen-bond acceptors (Lipinski definition) is 5. The minimum atomic E-state index is -3.37. The fourth-order valence-electron chi connectivity index (χ4n) is 4.17. The molecule has 0 aromatic carbocycles. The molecule has 0 aromatic rings. The van der Waals surface area contributed by atoms with Gasteiger partial charge in [-0.2, -0.15) is 0 Å². The average molecular weight is 476 g/mol. The van der Waals surface area contributed by atoms with Crippen LogP contribution >= 0.6 is 19.3 Å². The molecule has 0 bridgehead atoms. The fraction of sp³-hybridized carbons (Fsp3) is 0.857. The number of likely N-dealkylation sites (tertiary alicyclic amines) is 1. The lowest BCUT2D eigenvalue weighted by Crippen LogP contribution is -2.40. The first kappa shape index (κ1) is 26.4. The van der Waals surface area contributed by atoms with Gasteiger partial charge in [0, 0.05) is 37.6 Å². The van der Waals surface area contributed by atoms with E-state index in [1.54, 1.807) is 32.7 Å². The van der Waals surface area contributed by atoms with Gasteiger partial charge in [0.2, 0.25) is 17.7 Å². The number of amides is 3. The Labute approximate surface area is 190 Å². The van der Waals surface area contributed by atoms with Gasteiger partial charge in [-0.25, -0.2) is 4.67 Å². The number of imide groups is 1. The van der Waals surface area contributed by atoms with E-state index in [1.807, 2.05) is 13.8 Å². The standard InChI is InChI=1S/C21H38N3O5PS/c1-14(2)30(28,29)23(5)11-10-22-20(26)17-8-6-16(7-9-17)13-24-19(25)12-18(21(24)27)31-15(3)4/h14-18H,6-13H2,1-5H3,(H,22,26)(H,28,29). The quantitative estimate of drug-likeness (QED) is 0.370. The van der Waals surface area contributed by atoms with Crippen LogP contribution in [0.25, 0.3) is 0 Å². The third-order valence-electron chi connectivity index (χ3n) is 6.19. The smallest absolute Gasteiger partial charge is 0.272 e. The average Bonchev–Trinajstić information content (AvgIpc) is 2.94. The molecule has 2 rings (SSSR count). The van der Waals surface area contributed by atoms with Crippen LogP contribution in [0.2, 0.25) is 0 Å². The Morgan fingerprint density at radius 2 is 1.84 bits per heavy atom. The van der Waals surface area contributed by atoms with E-state index in [2.05, 4.69) is 5.32 Å². The van der Waals surface area contributed by atoms with Crippen LogP contribution in [0.15, 0.2) is 0 Å². The monoisotopic (exact) mass is 475 g/mol. The highest BCUT2D eigenvalue weighted by Crippen LogP contribution is 2.48. The second-order valence-electron chi connectivity index (χ2n) is 9.29. The number of nitrogens with one attached hydrogen (secondary N) is 1. The summed E-state index contributed by atoms with van der Waals surface area (Å²) in [5.41, 5.74) is -0.350. The van der Waals surface area contributed by atoms with Gasteiger partial charge in [-0.05, 0) is 43.9 Å². The number of thioether (sulfide) groups is 1. The van der Waals surface area contributed by atoms with Gasteiger partial charge >= 0.3 is 0 Å². The molecule has 1 aliphatic carbocycles. The SMILES string of the molecule is CC(C)SC1CC(=O)N(CC2CCC(C(=O)NCCN(C)P(=O)(O)C(C)C)CC2)C1=O. The van der Waals surface area contributed by atoms with Crippen molar-refractivity contribution >= 4 is 37.0 Å². The van der Waals surface area contributed by atoms with Gasteiger partial charge in [-0.1, -0.05) is 27.7 Å². The van der Waals surface area contributed by atoms with E-state index in [0.717, 1.165) is 25.7 Å². The molecule has 178 valence electrons. The molecule has 1 heterocycles. The van der Waals surface area contributed by atoms with E-state index in [9.17, 15) is 23.8 Å². The predicted molar refractivity (Wildman–Crippen MR) is 124 cm³/mol.